The Kier molecular flexibility index (Phi) is 7.75. The molecule has 0 atom stereocenters. The van der Waals surface area contributed by atoms with E-state index in [-0.39, 0.29) is 11.8 Å². The summed E-state index contributed by atoms with van der Waals surface area (Å²) in [6.07, 6.45) is 2.59. The maximum atomic E-state index is 13.2. The van der Waals surface area contributed by atoms with Crippen LogP contribution in [0.1, 0.15) is 22.8 Å². The van der Waals surface area contributed by atoms with Gasteiger partial charge in [0.25, 0.3) is 5.91 Å². The van der Waals surface area contributed by atoms with Gasteiger partial charge in [0, 0.05) is 43.0 Å². The average Bonchev–Trinajstić information content (AvgIpc) is 2.85. The number of pyridine rings is 1. The molecule has 0 unspecified atom stereocenters. The van der Waals surface area contributed by atoms with E-state index >= 15 is 0 Å². The standard InChI is InChI=1S/C26H28N4O2S/c1-2-20-9-6-7-13-23(20)28-24(31)19-29-15-17-30(18-16-29)26(32)22-12-8-14-27-25(22)33-21-10-4-3-5-11-21/h3-14H,2,15-19H2,1H3,(H,28,31). The molecule has 0 saturated carbocycles. The topological polar surface area (TPSA) is 65.5 Å². The van der Waals surface area contributed by atoms with E-state index < -0.39 is 0 Å². The maximum absolute atomic E-state index is 13.2. The lowest BCUT2D eigenvalue weighted by atomic mass is 10.1. The Morgan fingerprint density at radius 3 is 2.42 bits per heavy atom. The van der Waals surface area contributed by atoms with Gasteiger partial charge in [0.2, 0.25) is 5.91 Å². The van der Waals surface area contributed by atoms with E-state index in [1.165, 1.54) is 11.8 Å². The number of benzene rings is 2. The summed E-state index contributed by atoms with van der Waals surface area (Å²) in [7, 11) is 0. The van der Waals surface area contributed by atoms with Gasteiger partial charge >= 0.3 is 0 Å². The maximum Gasteiger partial charge on any atom is 0.256 e. The fourth-order valence-corrected chi connectivity index (χ4v) is 4.75. The van der Waals surface area contributed by atoms with Gasteiger partial charge in [0.05, 0.1) is 12.1 Å². The molecule has 1 N–H and O–H groups in total. The van der Waals surface area contributed by atoms with Crippen molar-refractivity contribution in [2.24, 2.45) is 0 Å². The SMILES string of the molecule is CCc1ccccc1NC(=O)CN1CCN(C(=O)c2cccnc2Sc2ccccc2)CC1. The molecule has 33 heavy (non-hydrogen) atoms. The smallest absolute Gasteiger partial charge is 0.256 e. The van der Waals surface area contributed by atoms with Gasteiger partial charge in [-0.25, -0.2) is 4.98 Å². The first-order chi connectivity index (χ1) is 16.1. The molecule has 7 heteroatoms. The lowest BCUT2D eigenvalue weighted by molar-refractivity contribution is -0.117. The predicted octanol–water partition coefficient (Wildman–Crippen LogP) is 4.19. The van der Waals surface area contributed by atoms with Gasteiger partial charge in [-0.1, -0.05) is 55.1 Å². The average molecular weight is 461 g/mol. The first kappa shape index (κ1) is 23.0. The van der Waals surface area contributed by atoms with Crippen LogP contribution in [0, 0.1) is 0 Å². The van der Waals surface area contributed by atoms with Crippen LogP contribution in [0.25, 0.3) is 0 Å². The number of carbonyl (C=O) groups is 2. The summed E-state index contributed by atoms with van der Waals surface area (Å²) in [5.74, 6) is -0.0352. The minimum atomic E-state index is -0.0236. The third-order valence-electron chi connectivity index (χ3n) is 5.66. The van der Waals surface area contributed by atoms with Crippen molar-refractivity contribution >= 4 is 29.3 Å². The summed E-state index contributed by atoms with van der Waals surface area (Å²) >= 11 is 1.50. The number of nitrogens with zero attached hydrogens (tertiary/aromatic N) is 3. The van der Waals surface area contributed by atoms with E-state index in [2.05, 4.69) is 22.1 Å². The van der Waals surface area contributed by atoms with Crippen molar-refractivity contribution in [3.8, 4) is 0 Å². The number of para-hydroxylation sites is 1. The Balaban J connectivity index is 1.33. The highest BCUT2D eigenvalue weighted by atomic mass is 32.2. The number of piperazine rings is 1. The van der Waals surface area contributed by atoms with Crippen LogP contribution in [0.4, 0.5) is 5.69 Å². The second-order valence-corrected chi connectivity index (χ2v) is 8.96. The third-order valence-corrected chi connectivity index (χ3v) is 6.68. The summed E-state index contributed by atoms with van der Waals surface area (Å²) in [6.45, 7) is 4.89. The Morgan fingerprint density at radius 2 is 1.67 bits per heavy atom. The second-order valence-electron chi connectivity index (χ2n) is 7.90. The summed E-state index contributed by atoms with van der Waals surface area (Å²) in [5, 5.41) is 3.74. The van der Waals surface area contributed by atoms with Crippen LogP contribution in [-0.4, -0.2) is 59.3 Å². The number of hydrogen-bond donors (Lipinski definition) is 1. The van der Waals surface area contributed by atoms with E-state index in [1.807, 2.05) is 65.6 Å². The van der Waals surface area contributed by atoms with Crippen LogP contribution in [0.2, 0.25) is 0 Å². The Morgan fingerprint density at radius 1 is 0.939 bits per heavy atom. The lowest BCUT2D eigenvalue weighted by Gasteiger charge is -2.34. The molecule has 1 aromatic heterocycles. The highest BCUT2D eigenvalue weighted by Gasteiger charge is 2.25. The van der Waals surface area contributed by atoms with Gasteiger partial charge in [-0.05, 0) is 42.3 Å². The zero-order chi connectivity index (χ0) is 23.0. The second kappa shape index (κ2) is 11.1. The van der Waals surface area contributed by atoms with Crippen LogP contribution < -0.4 is 5.32 Å². The molecule has 0 spiro atoms. The number of nitrogens with one attached hydrogen (secondary N) is 1. The Hall–Kier alpha value is -3.16. The number of aryl methyl sites for hydroxylation is 1. The molecule has 1 saturated heterocycles. The molecular weight excluding hydrogens is 432 g/mol. The quantitative estimate of drug-likeness (QED) is 0.573. The molecule has 0 radical (unpaired) electrons. The normalized spacial score (nSPS) is 14.2. The monoisotopic (exact) mass is 460 g/mol. The number of anilines is 1. The van der Waals surface area contributed by atoms with E-state index in [9.17, 15) is 9.59 Å². The molecule has 0 bridgehead atoms. The van der Waals surface area contributed by atoms with Crippen LogP contribution >= 0.6 is 11.8 Å². The summed E-state index contributed by atoms with van der Waals surface area (Å²) in [6, 6.07) is 21.5. The highest BCUT2D eigenvalue weighted by Crippen LogP contribution is 2.29. The van der Waals surface area contributed by atoms with Gasteiger partial charge in [-0.2, -0.15) is 0 Å². The molecule has 170 valence electrons. The molecular formula is C26H28N4O2S. The Labute approximate surface area is 199 Å². The van der Waals surface area contributed by atoms with Crippen LogP contribution in [0.3, 0.4) is 0 Å². The highest BCUT2D eigenvalue weighted by molar-refractivity contribution is 7.99. The summed E-state index contributed by atoms with van der Waals surface area (Å²) in [4.78, 5) is 35.2. The van der Waals surface area contributed by atoms with Gasteiger partial charge in [0.1, 0.15) is 5.03 Å². The van der Waals surface area contributed by atoms with Crippen molar-refractivity contribution in [3.05, 3.63) is 84.1 Å². The fourth-order valence-electron chi connectivity index (χ4n) is 3.86. The molecule has 0 aliphatic carbocycles. The van der Waals surface area contributed by atoms with Crippen molar-refractivity contribution < 1.29 is 9.59 Å². The number of amides is 2. The van der Waals surface area contributed by atoms with Crippen molar-refractivity contribution in [1.82, 2.24) is 14.8 Å². The van der Waals surface area contributed by atoms with Crippen molar-refractivity contribution in [2.75, 3.05) is 38.0 Å². The van der Waals surface area contributed by atoms with Crippen LogP contribution in [0.15, 0.2) is 82.8 Å². The molecule has 1 aliphatic rings. The van der Waals surface area contributed by atoms with Gasteiger partial charge in [-0.15, -0.1) is 0 Å². The molecule has 1 fully saturated rings. The molecule has 3 aromatic rings. The van der Waals surface area contributed by atoms with Gasteiger partial charge in [-0.3, -0.25) is 14.5 Å². The van der Waals surface area contributed by atoms with Crippen LogP contribution in [0.5, 0.6) is 0 Å². The van der Waals surface area contributed by atoms with Crippen molar-refractivity contribution in [3.63, 3.8) is 0 Å². The Bertz CT molecular complexity index is 1100. The molecule has 4 rings (SSSR count). The van der Waals surface area contributed by atoms with Crippen LogP contribution in [-0.2, 0) is 11.2 Å². The molecule has 6 nitrogen and oxygen atoms in total. The molecule has 1 aliphatic heterocycles. The zero-order valence-electron chi connectivity index (χ0n) is 18.7. The molecule has 2 amide bonds. The number of rotatable bonds is 7. The first-order valence-corrected chi connectivity index (χ1v) is 12.0. The van der Waals surface area contributed by atoms with Crippen molar-refractivity contribution in [1.29, 1.82) is 0 Å². The largest absolute Gasteiger partial charge is 0.336 e. The number of aromatic nitrogens is 1. The predicted molar refractivity (Wildman–Crippen MR) is 132 cm³/mol. The third kappa shape index (κ3) is 6.00. The minimum absolute atomic E-state index is 0.0116. The van der Waals surface area contributed by atoms with E-state index in [4.69, 9.17) is 0 Å². The zero-order valence-corrected chi connectivity index (χ0v) is 19.6. The molecule has 2 aromatic carbocycles. The summed E-state index contributed by atoms with van der Waals surface area (Å²) in [5.41, 5.74) is 2.62. The number of carbonyl (C=O) groups excluding carboxylic acids is 2. The van der Waals surface area contributed by atoms with E-state index in [1.54, 1.807) is 12.3 Å². The van der Waals surface area contributed by atoms with Gasteiger partial charge < -0.3 is 10.2 Å². The number of hydrogen-bond acceptors (Lipinski definition) is 5. The fraction of sp³-hybridized carbons (Fsp3) is 0.269. The minimum Gasteiger partial charge on any atom is -0.336 e. The lowest BCUT2D eigenvalue weighted by Crippen LogP contribution is -2.50. The van der Waals surface area contributed by atoms with Crippen molar-refractivity contribution in [2.45, 2.75) is 23.3 Å². The van der Waals surface area contributed by atoms with E-state index in [0.717, 1.165) is 22.6 Å². The van der Waals surface area contributed by atoms with E-state index in [0.29, 0.717) is 43.3 Å². The molecule has 2 heterocycles. The summed E-state index contributed by atoms with van der Waals surface area (Å²) < 4.78 is 0. The first-order valence-electron chi connectivity index (χ1n) is 11.2. The van der Waals surface area contributed by atoms with Gasteiger partial charge in [0.15, 0.2) is 0 Å².